The van der Waals surface area contributed by atoms with Gasteiger partial charge in [-0.1, -0.05) is 23.7 Å². The first-order valence-electron chi connectivity index (χ1n) is 6.67. The van der Waals surface area contributed by atoms with Gasteiger partial charge in [-0.3, -0.25) is 4.79 Å². The van der Waals surface area contributed by atoms with E-state index in [1.807, 2.05) is 0 Å². The van der Waals surface area contributed by atoms with Crippen LogP contribution >= 0.6 is 11.6 Å². The Hall–Kier alpha value is -2.27. The lowest BCUT2D eigenvalue weighted by molar-refractivity contribution is -0.125. The van der Waals surface area contributed by atoms with E-state index in [1.54, 1.807) is 38.1 Å². The highest BCUT2D eigenvalue weighted by molar-refractivity contribution is 6.30. The molecule has 1 amide bonds. The van der Waals surface area contributed by atoms with Crippen molar-refractivity contribution >= 4 is 23.5 Å². The van der Waals surface area contributed by atoms with Gasteiger partial charge in [0.15, 0.2) is 0 Å². The van der Waals surface area contributed by atoms with Crippen molar-refractivity contribution in [2.75, 3.05) is 0 Å². The van der Waals surface area contributed by atoms with Crippen molar-refractivity contribution in [3.8, 4) is 0 Å². The van der Waals surface area contributed by atoms with Crippen LogP contribution in [0.3, 0.4) is 0 Å². The molecule has 22 heavy (non-hydrogen) atoms. The molecule has 1 aromatic carbocycles. The summed E-state index contributed by atoms with van der Waals surface area (Å²) in [5, 5.41) is 12.1. The molecular formula is C16H16ClNO4. The largest absolute Gasteiger partial charge is 0.475 e. The standard InChI is InChI=1S/C16H16ClNO4/c1-16(2,10-3-5-11(17)6-4-10)15(21)18-9-12-7-8-13(22-12)14(19)20/h3-8H,9H2,1-2H3,(H,18,21)(H,19,20). The van der Waals surface area contributed by atoms with Gasteiger partial charge in [-0.25, -0.2) is 4.79 Å². The lowest BCUT2D eigenvalue weighted by Crippen LogP contribution is -2.39. The Labute approximate surface area is 132 Å². The van der Waals surface area contributed by atoms with Crippen molar-refractivity contribution in [2.45, 2.75) is 25.8 Å². The van der Waals surface area contributed by atoms with E-state index in [2.05, 4.69) is 5.32 Å². The number of carbonyl (C=O) groups is 2. The Morgan fingerprint density at radius 1 is 1.18 bits per heavy atom. The summed E-state index contributed by atoms with van der Waals surface area (Å²) in [4.78, 5) is 23.1. The minimum Gasteiger partial charge on any atom is -0.475 e. The summed E-state index contributed by atoms with van der Waals surface area (Å²) < 4.78 is 5.10. The van der Waals surface area contributed by atoms with Gasteiger partial charge < -0.3 is 14.8 Å². The maximum Gasteiger partial charge on any atom is 0.371 e. The average molecular weight is 322 g/mol. The highest BCUT2D eigenvalue weighted by Crippen LogP contribution is 2.25. The lowest BCUT2D eigenvalue weighted by atomic mass is 9.84. The summed E-state index contributed by atoms with van der Waals surface area (Å²) in [6.45, 7) is 3.73. The van der Waals surface area contributed by atoms with Crippen LogP contribution in [-0.4, -0.2) is 17.0 Å². The molecule has 5 nitrogen and oxygen atoms in total. The van der Waals surface area contributed by atoms with Gasteiger partial charge in [0, 0.05) is 5.02 Å². The predicted octanol–water partition coefficient (Wildman–Crippen LogP) is 3.23. The van der Waals surface area contributed by atoms with E-state index in [1.165, 1.54) is 12.1 Å². The summed E-state index contributed by atoms with van der Waals surface area (Å²) in [5.41, 5.74) is 0.0902. The SMILES string of the molecule is CC(C)(C(=O)NCc1ccc(C(=O)O)o1)c1ccc(Cl)cc1. The van der Waals surface area contributed by atoms with Crippen molar-refractivity contribution in [2.24, 2.45) is 0 Å². The molecule has 1 heterocycles. The predicted molar refractivity (Wildman–Crippen MR) is 82.0 cm³/mol. The maximum atomic E-state index is 12.4. The van der Waals surface area contributed by atoms with E-state index >= 15 is 0 Å². The number of carbonyl (C=O) groups excluding carboxylic acids is 1. The van der Waals surface area contributed by atoms with Gasteiger partial charge in [-0.05, 0) is 43.7 Å². The molecule has 2 aromatic rings. The van der Waals surface area contributed by atoms with Crippen molar-refractivity contribution in [3.63, 3.8) is 0 Å². The highest BCUT2D eigenvalue weighted by Gasteiger charge is 2.29. The summed E-state index contributed by atoms with van der Waals surface area (Å²) in [5.74, 6) is -1.10. The Kier molecular flexibility index (Phi) is 4.56. The van der Waals surface area contributed by atoms with E-state index in [0.717, 1.165) is 5.56 Å². The van der Waals surface area contributed by atoms with Crippen LogP contribution in [0.5, 0.6) is 0 Å². The van der Waals surface area contributed by atoms with Crippen molar-refractivity contribution in [1.29, 1.82) is 0 Å². The highest BCUT2D eigenvalue weighted by atomic mass is 35.5. The molecule has 2 N–H and O–H groups in total. The molecule has 116 valence electrons. The molecule has 2 rings (SSSR count). The first-order valence-corrected chi connectivity index (χ1v) is 7.05. The van der Waals surface area contributed by atoms with Crippen LogP contribution in [0.2, 0.25) is 5.02 Å². The Morgan fingerprint density at radius 3 is 2.36 bits per heavy atom. The van der Waals surface area contributed by atoms with Crippen molar-refractivity contribution in [1.82, 2.24) is 5.32 Å². The molecule has 0 fully saturated rings. The molecule has 0 saturated carbocycles. The second kappa shape index (κ2) is 6.23. The fourth-order valence-electron chi connectivity index (χ4n) is 1.97. The molecule has 0 aliphatic carbocycles. The number of aromatic carboxylic acids is 1. The summed E-state index contributed by atoms with van der Waals surface area (Å²) in [6.07, 6.45) is 0. The van der Waals surface area contributed by atoms with Gasteiger partial charge in [0.25, 0.3) is 0 Å². The number of rotatable bonds is 5. The van der Waals surface area contributed by atoms with Crippen LogP contribution in [0.25, 0.3) is 0 Å². The fraction of sp³-hybridized carbons (Fsp3) is 0.250. The lowest BCUT2D eigenvalue weighted by Gasteiger charge is -2.24. The zero-order chi connectivity index (χ0) is 16.3. The van der Waals surface area contributed by atoms with Gasteiger partial charge >= 0.3 is 5.97 Å². The molecule has 0 spiro atoms. The number of carboxylic acids is 1. The van der Waals surface area contributed by atoms with Gasteiger partial charge in [0.2, 0.25) is 11.7 Å². The van der Waals surface area contributed by atoms with Crippen LogP contribution in [0.15, 0.2) is 40.8 Å². The van der Waals surface area contributed by atoms with E-state index in [9.17, 15) is 9.59 Å². The average Bonchev–Trinajstić information content (AvgIpc) is 2.94. The maximum absolute atomic E-state index is 12.4. The van der Waals surface area contributed by atoms with Gasteiger partial charge in [-0.2, -0.15) is 0 Å². The number of carboxylic acid groups (broad SMARTS) is 1. The van der Waals surface area contributed by atoms with E-state index in [0.29, 0.717) is 10.8 Å². The summed E-state index contributed by atoms with van der Waals surface area (Å²) in [7, 11) is 0. The molecule has 0 atom stereocenters. The molecule has 0 aliphatic heterocycles. The third-order valence-electron chi connectivity index (χ3n) is 3.43. The van der Waals surface area contributed by atoms with Crippen LogP contribution in [0, 0.1) is 0 Å². The first-order chi connectivity index (χ1) is 10.3. The quantitative estimate of drug-likeness (QED) is 0.886. The third-order valence-corrected chi connectivity index (χ3v) is 3.68. The number of benzene rings is 1. The minimum atomic E-state index is -1.14. The molecule has 0 bridgehead atoms. The monoisotopic (exact) mass is 321 g/mol. The third kappa shape index (κ3) is 3.49. The van der Waals surface area contributed by atoms with Gasteiger partial charge in [0.1, 0.15) is 5.76 Å². The van der Waals surface area contributed by atoms with Crippen LogP contribution in [-0.2, 0) is 16.8 Å². The Balaban J connectivity index is 2.04. The second-order valence-electron chi connectivity index (χ2n) is 5.39. The van der Waals surface area contributed by atoms with E-state index < -0.39 is 11.4 Å². The van der Waals surface area contributed by atoms with Crippen LogP contribution in [0.1, 0.15) is 35.7 Å². The second-order valence-corrected chi connectivity index (χ2v) is 5.82. The molecule has 0 aliphatic rings. The summed E-state index contributed by atoms with van der Waals surface area (Å²) >= 11 is 5.85. The number of hydrogen-bond acceptors (Lipinski definition) is 3. The number of furan rings is 1. The molecule has 0 radical (unpaired) electrons. The first kappa shape index (κ1) is 16.1. The zero-order valence-corrected chi connectivity index (χ0v) is 13.0. The molecular weight excluding hydrogens is 306 g/mol. The van der Waals surface area contributed by atoms with Gasteiger partial charge in [-0.15, -0.1) is 0 Å². The number of hydrogen-bond donors (Lipinski definition) is 2. The molecule has 6 heteroatoms. The number of amides is 1. The zero-order valence-electron chi connectivity index (χ0n) is 12.2. The van der Waals surface area contributed by atoms with Crippen LogP contribution in [0.4, 0.5) is 0 Å². The molecule has 0 unspecified atom stereocenters. The number of nitrogens with one attached hydrogen (secondary N) is 1. The van der Waals surface area contributed by atoms with E-state index in [-0.39, 0.29) is 18.2 Å². The van der Waals surface area contributed by atoms with E-state index in [4.69, 9.17) is 21.1 Å². The van der Waals surface area contributed by atoms with Crippen LogP contribution < -0.4 is 5.32 Å². The Morgan fingerprint density at radius 2 is 1.82 bits per heavy atom. The minimum absolute atomic E-state index is 0.128. The molecule has 1 aromatic heterocycles. The van der Waals surface area contributed by atoms with Crippen molar-refractivity contribution in [3.05, 3.63) is 58.5 Å². The molecule has 0 saturated heterocycles. The number of halogens is 1. The Bertz CT molecular complexity index is 688. The van der Waals surface area contributed by atoms with Crippen molar-refractivity contribution < 1.29 is 19.1 Å². The van der Waals surface area contributed by atoms with Gasteiger partial charge in [0.05, 0.1) is 12.0 Å². The summed E-state index contributed by atoms with van der Waals surface area (Å²) in [6, 6.07) is 9.96. The normalized spacial score (nSPS) is 11.2. The topological polar surface area (TPSA) is 79.5 Å². The fourth-order valence-corrected chi connectivity index (χ4v) is 2.10. The smallest absolute Gasteiger partial charge is 0.371 e.